The SMILES string of the molecule is CCNC(=O)c1cc2c(-c3sc(C(C)(C)O)nc3Nc3c(C)ccnc3C)cn(C)c(=O)c2[nH]1. The molecule has 4 N–H and O–H groups in total. The van der Waals surface area contributed by atoms with E-state index < -0.39 is 5.60 Å². The molecule has 4 aromatic heterocycles. The number of rotatable bonds is 6. The fraction of sp³-hybridized carbons (Fsp3) is 0.333. The number of aromatic amines is 1. The predicted molar refractivity (Wildman–Crippen MR) is 135 cm³/mol. The summed E-state index contributed by atoms with van der Waals surface area (Å²) in [6, 6.07) is 3.60. The van der Waals surface area contributed by atoms with Gasteiger partial charge in [-0.2, -0.15) is 0 Å². The average molecular weight is 481 g/mol. The number of anilines is 2. The van der Waals surface area contributed by atoms with E-state index in [1.165, 1.54) is 15.9 Å². The minimum atomic E-state index is -1.16. The molecular weight excluding hydrogens is 452 g/mol. The first kappa shape index (κ1) is 23.7. The van der Waals surface area contributed by atoms with Gasteiger partial charge in [0.05, 0.1) is 16.3 Å². The molecule has 4 heterocycles. The molecule has 34 heavy (non-hydrogen) atoms. The maximum absolute atomic E-state index is 12.9. The molecule has 0 aromatic carbocycles. The molecule has 0 atom stereocenters. The second-order valence-electron chi connectivity index (χ2n) is 8.76. The molecule has 0 spiro atoms. The fourth-order valence-electron chi connectivity index (χ4n) is 3.74. The molecule has 0 saturated carbocycles. The highest BCUT2D eigenvalue weighted by molar-refractivity contribution is 7.16. The van der Waals surface area contributed by atoms with E-state index in [4.69, 9.17) is 4.98 Å². The quantitative estimate of drug-likeness (QED) is 0.333. The lowest BCUT2D eigenvalue weighted by atomic mass is 10.1. The number of nitrogens with one attached hydrogen (secondary N) is 3. The van der Waals surface area contributed by atoms with E-state index in [-0.39, 0.29) is 11.5 Å². The van der Waals surface area contributed by atoms with Crippen molar-refractivity contribution in [1.82, 2.24) is 24.8 Å². The molecule has 0 saturated heterocycles. The van der Waals surface area contributed by atoms with Crippen LogP contribution in [0, 0.1) is 13.8 Å². The first-order chi connectivity index (χ1) is 16.0. The summed E-state index contributed by atoms with van der Waals surface area (Å²) in [6.45, 7) is 9.56. The lowest BCUT2D eigenvalue weighted by Gasteiger charge is -2.13. The highest BCUT2D eigenvalue weighted by atomic mass is 32.1. The van der Waals surface area contributed by atoms with Crippen LogP contribution in [0.4, 0.5) is 11.5 Å². The maximum Gasteiger partial charge on any atom is 0.274 e. The molecular formula is C24H28N6O3S. The average Bonchev–Trinajstić information content (AvgIpc) is 3.39. The Morgan fingerprint density at radius 1 is 1.32 bits per heavy atom. The molecule has 0 bridgehead atoms. The molecule has 0 aliphatic heterocycles. The van der Waals surface area contributed by atoms with Crippen LogP contribution in [0.15, 0.2) is 29.3 Å². The molecule has 4 aromatic rings. The normalized spacial score (nSPS) is 11.7. The number of aliphatic hydroxyl groups is 1. The van der Waals surface area contributed by atoms with Gasteiger partial charge in [0.2, 0.25) is 0 Å². The summed E-state index contributed by atoms with van der Waals surface area (Å²) < 4.78 is 1.48. The van der Waals surface area contributed by atoms with Crippen molar-refractivity contribution in [1.29, 1.82) is 0 Å². The zero-order valence-electron chi connectivity index (χ0n) is 20.0. The summed E-state index contributed by atoms with van der Waals surface area (Å²) in [5.41, 5.74) is 2.60. The third-order valence-corrected chi connectivity index (χ3v) is 6.94. The first-order valence-electron chi connectivity index (χ1n) is 10.9. The van der Waals surface area contributed by atoms with Gasteiger partial charge in [0.1, 0.15) is 27.6 Å². The third-order valence-electron chi connectivity index (χ3n) is 5.53. The molecule has 0 unspecified atom stereocenters. The molecule has 0 fully saturated rings. The molecule has 0 radical (unpaired) electrons. The monoisotopic (exact) mass is 480 g/mol. The van der Waals surface area contributed by atoms with Crippen LogP contribution in [0.1, 0.15) is 47.5 Å². The van der Waals surface area contributed by atoms with Crippen molar-refractivity contribution in [2.45, 2.75) is 40.2 Å². The number of nitrogens with zero attached hydrogens (tertiary/aromatic N) is 3. The van der Waals surface area contributed by atoms with Gasteiger partial charge in [-0.3, -0.25) is 14.6 Å². The molecule has 1 amide bonds. The largest absolute Gasteiger partial charge is 0.383 e. The van der Waals surface area contributed by atoms with Crippen LogP contribution in [0.25, 0.3) is 21.3 Å². The van der Waals surface area contributed by atoms with Crippen LogP contribution in [0.3, 0.4) is 0 Å². The van der Waals surface area contributed by atoms with Crippen LogP contribution in [-0.4, -0.2) is 37.1 Å². The summed E-state index contributed by atoms with van der Waals surface area (Å²) >= 11 is 1.33. The Balaban J connectivity index is 1.97. The Kier molecular flexibility index (Phi) is 6.05. The molecule has 0 aliphatic rings. The number of aromatic nitrogens is 4. The first-order valence-corrected chi connectivity index (χ1v) is 11.8. The minimum Gasteiger partial charge on any atom is -0.383 e. The van der Waals surface area contributed by atoms with Crippen molar-refractivity contribution in [3.63, 3.8) is 0 Å². The van der Waals surface area contributed by atoms with E-state index >= 15 is 0 Å². The van der Waals surface area contributed by atoms with Gasteiger partial charge in [-0.1, -0.05) is 0 Å². The van der Waals surface area contributed by atoms with Crippen molar-refractivity contribution in [3.05, 3.63) is 56.8 Å². The molecule has 10 heteroatoms. The number of fused-ring (bicyclic) bond motifs is 1. The Morgan fingerprint density at radius 2 is 2.06 bits per heavy atom. The second-order valence-corrected chi connectivity index (χ2v) is 9.76. The number of carbonyl (C=O) groups is 1. The number of hydrogen-bond acceptors (Lipinski definition) is 7. The maximum atomic E-state index is 12.9. The number of H-pyrrole nitrogens is 1. The zero-order valence-corrected chi connectivity index (χ0v) is 20.8. The summed E-state index contributed by atoms with van der Waals surface area (Å²) in [5, 5.41) is 18.0. The van der Waals surface area contributed by atoms with Gasteiger partial charge in [0.25, 0.3) is 11.5 Å². The topological polar surface area (TPSA) is 125 Å². The minimum absolute atomic E-state index is 0.241. The van der Waals surface area contributed by atoms with Crippen molar-refractivity contribution >= 4 is 39.7 Å². The number of carbonyl (C=O) groups excluding carboxylic acids is 1. The van der Waals surface area contributed by atoms with Gasteiger partial charge in [0, 0.05) is 36.9 Å². The molecule has 0 aliphatic carbocycles. The van der Waals surface area contributed by atoms with Gasteiger partial charge in [-0.15, -0.1) is 11.3 Å². The van der Waals surface area contributed by atoms with E-state index in [1.54, 1.807) is 39.4 Å². The van der Waals surface area contributed by atoms with E-state index in [9.17, 15) is 14.7 Å². The van der Waals surface area contributed by atoms with Crippen LogP contribution in [0.5, 0.6) is 0 Å². The lowest BCUT2D eigenvalue weighted by Crippen LogP contribution is -2.23. The molecule has 178 valence electrons. The van der Waals surface area contributed by atoms with E-state index in [1.807, 2.05) is 26.8 Å². The van der Waals surface area contributed by atoms with E-state index in [2.05, 4.69) is 20.6 Å². The molecule has 4 rings (SSSR count). The summed E-state index contributed by atoms with van der Waals surface area (Å²) in [4.78, 5) is 38.1. The second kappa shape index (κ2) is 8.69. The van der Waals surface area contributed by atoms with E-state index in [0.29, 0.717) is 34.0 Å². The number of pyridine rings is 2. The van der Waals surface area contributed by atoms with Crippen molar-refractivity contribution in [2.24, 2.45) is 7.05 Å². The van der Waals surface area contributed by atoms with E-state index in [0.717, 1.165) is 27.4 Å². The smallest absolute Gasteiger partial charge is 0.274 e. The van der Waals surface area contributed by atoms with Crippen molar-refractivity contribution in [2.75, 3.05) is 11.9 Å². The third kappa shape index (κ3) is 4.22. The summed E-state index contributed by atoms with van der Waals surface area (Å²) in [7, 11) is 1.67. The Bertz CT molecular complexity index is 1440. The highest BCUT2D eigenvalue weighted by Gasteiger charge is 2.27. The number of hydrogen-bond donors (Lipinski definition) is 4. The summed E-state index contributed by atoms with van der Waals surface area (Å²) in [6.07, 6.45) is 3.48. The van der Waals surface area contributed by atoms with Crippen LogP contribution >= 0.6 is 11.3 Å². The Morgan fingerprint density at radius 3 is 2.71 bits per heavy atom. The van der Waals surface area contributed by atoms with Crippen LogP contribution in [-0.2, 0) is 12.6 Å². The van der Waals surface area contributed by atoms with Crippen LogP contribution in [0.2, 0.25) is 0 Å². The Hall–Kier alpha value is -3.50. The van der Waals surface area contributed by atoms with Gasteiger partial charge >= 0.3 is 0 Å². The summed E-state index contributed by atoms with van der Waals surface area (Å²) in [5.74, 6) is 0.259. The highest BCUT2D eigenvalue weighted by Crippen LogP contribution is 2.42. The number of aryl methyl sites for hydroxylation is 3. The lowest BCUT2D eigenvalue weighted by molar-refractivity contribution is 0.0783. The Labute approximate surface area is 200 Å². The predicted octanol–water partition coefficient (Wildman–Crippen LogP) is 3.72. The van der Waals surface area contributed by atoms with Gasteiger partial charge in [-0.05, 0) is 52.3 Å². The fourth-order valence-corrected chi connectivity index (χ4v) is 4.79. The van der Waals surface area contributed by atoms with Crippen LogP contribution < -0.4 is 16.2 Å². The van der Waals surface area contributed by atoms with Gasteiger partial charge < -0.3 is 25.3 Å². The van der Waals surface area contributed by atoms with Gasteiger partial charge in [0.15, 0.2) is 0 Å². The zero-order chi connectivity index (χ0) is 24.8. The van der Waals surface area contributed by atoms with Gasteiger partial charge in [-0.25, -0.2) is 4.98 Å². The standard InChI is InChI=1S/C24H28N6O3S/c1-7-25-21(31)16-10-14-15(11-30(6)22(32)18(14)27-16)19-20(29-23(34-19)24(4,5)33)28-17-12(2)8-9-26-13(17)3/h8-11,27-28,33H,7H2,1-6H3,(H,25,31). The molecule has 9 nitrogen and oxygen atoms in total. The van der Waals surface area contributed by atoms with Crippen molar-refractivity contribution in [3.8, 4) is 10.4 Å². The number of amides is 1. The number of thiazole rings is 1. The van der Waals surface area contributed by atoms with Crippen molar-refractivity contribution < 1.29 is 9.90 Å².